The van der Waals surface area contributed by atoms with Gasteiger partial charge in [0.05, 0.1) is 6.10 Å². The molecule has 0 saturated heterocycles. The van der Waals surface area contributed by atoms with E-state index in [4.69, 9.17) is 4.74 Å². The number of imide groups is 1. The standard InChI is InChI=1S/C21H23FN6O4/c1-5-15(30)24-16(31)10-28-18(13-6-8-14(22)9-7-13)25-17-19(28)26-21(23-12(4)29)27-20(17)32-11(2)3/h6-9,11H,5,10H2,1-4H3,(H,24,30,31)(H,23,26,27,29). The molecule has 0 bridgehead atoms. The van der Waals surface area contributed by atoms with Gasteiger partial charge in [0.2, 0.25) is 29.5 Å². The summed E-state index contributed by atoms with van der Waals surface area (Å²) in [7, 11) is 0. The van der Waals surface area contributed by atoms with Crippen LogP contribution in [0.5, 0.6) is 5.88 Å². The first kappa shape index (κ1) is 22.8. The van der Waals surface area contributed by atoms with Gasteiger partial charge in [0.1, 0.15) is 18.2 Å². The molecule has 2 aromatic heterocycles. The van der Waals surface area contributed by atoms with Crippen LogP contribution >= 0.6 is 0 Å². The maximum absolute atomic E-state index is 13.5. The minimum atomic E-state index is -0.578. The van der Waals surface area contributed by atoms with Crippen LogP contribution in [0.1, 0.15) is 34.1 Å². The van der Waals surface area contributed by atoms with Gasteiger partial charge in [-0.25, -0.2) is 9.37 Å². The van der Waals surface area contributed by atoms with E-state index in [1.807, 2.05) is 0 Å². The number of aromatic nitrogens is 4. The van der Waals surface area contributed by atoms with Gasteiger partial charge in [-0.05, 0) is 38.1 Å². The van der Waals surface area contributed by atoms with Crippen molar-refractivity contribution in [2.75, 3.05) is 5.32 Å². The quantitative estimate of drug-likeness (QED) is 0.575. The number of imidazole rings is 1. The van der Waals surface area contributed by atoms with Crippen LogP contribution < -0.4 is 15.4 Å². The van der Waals surface area contributed by atoms with Crippen molar-refractivity contribution in [2.45, 2.75) is 46.8 Å². The fraction of sp³-hybridized carbons (Fsp3) is 0.333. The fourth-order valence-electron chi connectivity index (χ4n) is 2.89. The van der Waals surface area contributed by atoms with Crippen LogP contribution in [-0.2, 0) is 20.9 Å². The van der Waals surface area contributed by atoms with Crippen molar-refractivity contribution in [2.24, 2.45) is 0 Å². The molecular weight excluding hydrogens is 419 g/mol. The first-order valence-electron chi connectivity index (χ1n) is 9.99. The Kier molecular flexibility index (Phi) is 6.76. The van der Waals surface area contributed by atoms with Gasteiger partial charge in [-0.15, -0.1) is 0 Å². The van der Waals surface area contributed by atoms with E-state index in [1.54, 1.807) is 20.8 Å². The zero-order valence-corrected chi connectivity index (χ0v) is 18.1. The minimum absolute atomic E-state index is 0.0301. The van der Waals surface area contributed by atoms with Crippen LogP contribution in [-0.4, -0.2) is 43.3 Å². The first-order valence-corrected chi connectivity index (χ1v) is 9.99. The third kappa shape index (κ3) is 5.23. The molecular formula is C21H23FN6O4. The summed E-state index contributed by atoms with van der Waals surface area (Å²) in [6.07, 6.45) is -0.120. The molecule has 3 rings (SSSR count). The predicted octanol–water partition coefficient (Wildman–Crippen LogP) is 2.43. The minimum Gasteiger partial charge on any atom is -0.473 e. The molecule has 0 fully saturated rings. The van der Waals surface area contributed by atoms with Crippen LogP contribution in [0.3, 0.4) is 0 Å². The number of ether oxygens (including phenoxy) is 1. The smallest absolute Gasteiger partial charge is 0.247 e. The number of hydrogen-bond donors (Lipinski definition) is 2. The number of halogens is 1. The Bertz CT molecular complexity index is 1170. The van der Waals surface area contributed by atoms with E-state index in [0.29, 0.717) is 11.4 Å². The summed E-state index contributed by atoms with van der Waals surface area (Å²) in [5.41, 5.74) is 0.968. The molecule has 0 radical (unpaired) electrons. The van der Waals surface area contributed by atoms with Crippen molar-refractivity contribution in [1.82, 2.24) is 24.8 Å². The number of benzene rings is 1. The molecule has 0 saturated carbocycles. The molecule has 0 spiro atoms. The number of nitrogens with one attached hydrogen (secondary N) is 2. The van der Waals surface area contributed by atoms with Crippen molar-refractivity contribution >= 4 is 34.8 Å². The van der Waals surface area contributed by atoms with Crippen LogP contribution in [0.25, 0.3) is 22.6 Å². The molecule has 3 aromatic rings. The molecule has 168 valence electrons. The number of hydrogen-bond acceptors (Lipinski definition) is 7. The summed E-state index contributed by atoms with van der Waals surface area (Å²) in [6.45, 7) is 6.23. The summed E-state index contributed by atoms with van der Waals surface area (Å²) < 4.78 is 20.7. The zero-order chi connectivity index (χ0) is 23.4. The Morgan fingerprint density at radius 3 is 2.38 bits per heavy atom. The van der Waals surface area contributed by atoms with Crippen LogP contribution in [0.2, 0.25) is 0 Å². The predicted molar refractivity (Wildman–Crippen MR) is 114 cm³/mol. The molecule has 3 amide bonds. The molecule has 2 heterocycles. The van der Waals surface area contributed by atoms with Crippen LogP contribution in [0.4, 0.5) is 10.3 Å². The molecule has 0 aliphatic heterocycles. The van der Waals surface area contributed by atoms with Gasteiger partial charge < -0.3 is 4.74 Å². The van der Waals surface area contributed by atoms with E-state index in [-0.39, 0.29) is 42.1 Å². The number of rotatable bonds is 7. The van der Waals surface area contributed by atoms with Gasteiger partial charge in [-0.3, -0.25) is 29.6 Å². The molecule has 0 aliphatic carbocycles. The van der Waals surface area contributed by atoms with Gasteiger partial charge in [0, 0.05) is 18.9 Å². The molecule has 0 atom stereocenters. The number of anilines is 1. The van der Waals surface area contributed by atoms with Gasteiger partial charge >= 0.3 is 0 Å². The Hall–Kier alpha value is -3.89. The maximum Gasteiger partial charge on any atom is 0.247 e. The largest absolute Gasteiger partial charge is 0.473 e. The Morgan fingerprint density at radius 1 is 1.09 bits per heavy atom. The van der Waals surface area contributed by atoms with Gasteiger partial charge in [-0.2, -0.15) is 9.97 Å². The van der Waals surface area contributed by atoms with Crippen LogP contribution in [0.15, 0.2) is 24.3 Å². The number of carbonyl (C=O) groups excluding carboxylic acids is 3. The fourth-order valence-corrected chi connectivity index (χ4v) is 2.89. The number of carbonyl (C=O) groups is 3. The third-order valence-corrected chi connectivity index (χ3v) is 4.20. The van der Waals surface area contributed by atoms with Gasteiger partial charge in [0.25, 0.3) is 0 Å². The molecule has 2 N–H and O–H groups in total. The first-order chi connectivity index (χ1) is 15.2. The Balaban J connectivity index is 2.22. The summed E-state index contributed by atoms with van der Waals surface area (Å²) in [6, 6.07) is 5.54. The monoisotopic (exact) mass is 442 g/mol. The van der Waals surface area contributed by atoms with Crippen molar-refractivity contribution in [3.05, 3.63) is 30.1 Å². The van der Waals surface area contributed by atoms with Crippen molar-refractivity contribution in [3.63, 3.8) is 0 Å². The number of nitrogens with zero attached hydrogens (tertiary/aromatic N) is 4. The molecule has 32 heavy (non-hydrogen) atoms. The highest BCUT2D eigenvalue weighted by Gasteiger charge is 2.23. The van der Waals surface area contributed by atoms with Crippen molar-refractivity contribution in [1.29, 1.82) is 0 Å². The number of fused-ring (bicyclic) bond motifs is 1. The van der Waals surface area contributed by atoms with E-state index >= 15 is 0 Å². The van der Waals surface area contributed by atoms with Crippen molar-refractivity contribution < 1.29 is 23.5 Å². The topological polar surface area (TPSA) is 128 Å². The van der Waals surface area contributed by atoms with Crippen molar-refractivity contribution in [3.8, 4) is 17.3 Å². The van der Waals surface area contributed by atoms with Gasteiger partial charge in [0.15, 0.2) is 11.2 Å². The molecule has 10 nitrogen and oxygen atoms in total. The van der Waals surface area contributed by atoms with E-state index in [0.717, 1.165) is 0 Å². The summed E-state index contributed by atoms with van der Waals surface area (Å²) in [5.74, 6) is -1.46. The molecule has 1 aromatic carbocycles. The van der Waals surface area contributed by atoms with E-state index in [9.17, 15) is 18.8 Å². The maximum atomic E-state index is 13.5. The molecule has 0 unspecified atom stereocenters. The Labute approximate surface area is 183 Å². The van der Waals surface area contributed by atoms with Gasteiger partial charge in [-0.1, -0.05) is 6.92 Å². The molecule has 0 aliphatic rings. The molecule has 11 heteroatoms. The second-order valence-electron chi connectivity index (χ2n) is 7.23. The summed E-state index contributed by atoms with van der Waals surface area (Å²) in [5, 5.41) is 4.79. The highest BCUT2D eigenvalue weighted by atomic mass is 19.1. The third-order valence-electron chi connectivity index (χ3n) is 4.20. The zero-order valence-electron chi connectivity index (χ0n) is 18.1. The highest BCUT2D eigenvalue weighted by Crippen LogP contribution is 2.30. The van der Waals surface area contributed by atoms with E-state index in [1.165, 1.54) is 35.8 Å². The lowest BCUT2D eigenvalue weighted by Crippen LogP contribution is -2.33. The second kappa shape index (κ2) is 9.50. The lowest BCUT2D eigenvalue weighted by Gasteiger charge is -2.11. The van der Waals surface area contributed by atoms with E-state index in [2.05, 4.69) is 25.6 Å². The summed E-state index contributed by atoms with van der Waals surface area (Å²) in [4.78, 5) is 48.9. The summed E-state index contributed by atoms with van der Waals surface area (Å²) >= 11 is 0. The second-order valence-corrected chi connectivity index (χ2v) is 7.23. The normalized spacial score (nSPS) is 10.9. The SMILES string of the molecule is CCC(=O)NC(=O)Cn1c(-c2ccc(F)cc2)nc2c(OC(C)C)nc(NC(C)=O)nc21. The highest BCUT2D eigenvalue weighted by molar-refractivity contribution is 5.96. The lowest BCUT2D eigenvalue weighted by molar-refractivity contribution is -0.130. The Morgan fingerprint density at radius 2 is 1.78 bits per heavy atom. The number of amides is 3. The average Bonchev–Trinajstić information content (AvgIpc) is 3.06. The lowest BCUT2D eigenvalue weighted by atomic mass is 10.2. The van der Waals surface area contributed by atoms with Crippen LogP contribution in [0, 0.1) is 5.82 Å². The average molecular weight is 442 g/mol. The van der Waals surface area contributed by atoms with E-state index < -0.39 is 23.5 Å².